The van der Waals surface area contributed by atoms with Gasteiger partial charge in [-0.3, -0.25) is 0 Å². The highest BCUT2D eigenvalue weighted by molar-refractivity contribution is 5.39. The van der Waals surface area contributed by atoms with Crippen molar-refractivity contribution in [1.82, 2.24) is 0 Å². The number of hydrogen-bond acceptors (Lipinski definition) is 3. The summed E-state index contributed by atoms with van der Waals surface area (Å²) in [4.78, 5) is 0. The van der Waals surface area contributed by atoms with Gasteiger partial charge in [0.25, 0.3) is 0 Å². The molecule has 2 aromatic carbocycles. The molecule has 2 aromatic rings. The first-order valence-electron chi connectivity index (χ1n) is 6.25. The number of anilines is 1. The molecule has 96 valence electrons. The van der Waals surface area contributed by atoms with Crippen LogP contribution in [0.4, 0.5) is 5.69 Å². The minimum absolute atomic E-state index is 0.621. The van der Waals surface area contributed by atoms with Crippen molar-refractivity contribution in [2.45, 2.75) is 12.8 Å². The first kappa shape index (κ1) is 13.0. The summed E-state index contributed by atoms with van der Waals surface area (Å²) in [6.07, 6.45) is 1.89. The highest BCUT2D eigenvalue weighted by atomic mass is 16.5. The molecule has 19 heavy (non-hydrogen) atoms. The first-order valence-corrected chi connectivity index (χ1v) is 6.25. The molecule has 0 saturated carbocycles. The molecule has 0 radical (unpaired) electrons. The van der Waals surface area contributed by atoms with E-state index in [1.807, 2.05) is 36.4 Å². The number of nitrogens with zero attached hydrogens (tertiary/aromatic N) is 1. The first-order chi connectivity index (χ1) is 9.28. The van der Waals surface area contributed by atoms with Crippen LogP contribution in [-0.2, 0) is 6.42 Å². The van der Waals surface area contributed by atoms with Crippen LogP contribution in [0.1, 0.15) is 17.5 Å². The number of nitriles is 1. The van der Waals surface area contributed by atoms with Crippen molar-refractivity contribution >= 4 is 5.69 Å². The van der Waals surface area contributed by atoms with Crippen LogP contribution < -0.4 is 10.5 Å². The molecule has 0 aliphatic rings. The van der Waals surface area contributed by atoms with Gasteiger partial charge in [-0.2, -0.15) is 5.26 Å². The number of ether oxygens (including phenoxy) is 1. The van der Waals surface area contributed by atoms with Crippen molar-refractivity contribution in [3.8, 4) is 11.8 Å². The fourth-order valence-corrected chi connectivity index (χ4v) is 1.81. The van der Waals surface area contributed by atoms with E-state index in [1.165, 1.54) is 5.56 Å². The fourth-order valence-electron chi connectivity index (χ4n) is 1.81. The molecule has 3 nitrogen and oxygen atoms in total. The molecule has 3 heteroatoms. The maximum Gasteiger partial charge on any atom is 0.120 e. The molecule has 0 bridgehead atoms. The molecule has 0 atom stereocenters. The summed E-state index contributed by atoms with van der Waals surface area (Å²) >= 11 is 0. The minimum Gasteiger partial charge on any atom is -0.494 e. The number of hydrogen-bond donors (Lipinski definition) is 1. The third kappa shape index (κ3) is 4.04. The van der Waals surface area contributed by atoms with Crippen LogP contribution in [0.25, 0.3) is 0 Å². The molecule has 0 amide bonds. The second-order valence-corrected chi connectivity index (χ2v) is 4.33. The van der Waals surface area contributed by atoms with Crippen molar-refractivity contribution in [2.75, 3.05) is 12.3 Å². The van der Waals surface area contributed by atoms with Gasteiger partial charge in [-0.1, -0.05) is 18.2 Å². The Kier molecular flexibility index (Phi) is 4.41. The lowest BCUT2D eigenvalue weighted by Gasteiger charge is -2.06. The Labute approximate surface area is 113 Å². The lowest BCUT2D eigenvalue weighted by Crippen LogP contribution is -1.99. The Hall–Kier alpha value is -2.47. The van der Waals surface area contributed by atoms with Gasteiger partial charge in [0, 0.05) is 5.69 Å². The summed E-state index contributed by atoms with van der Waals surface area (Å²) in [5, 5.41) is 8.79. The van der Waals surface area contributed by atoms with Crippen LogP contribution in [-0.4, -0.2) is 6.61 Å². The number of rotatable bonds is 5. The third-order valence-corrected chi connectivity index (χ3v) is 2.82. The molecule has 0 spiro atoms. The van der Waals surface area contributed by atoms with Gasteiger partial charge in [0.2, 0.25) is 0 Å². The van der Waals surface area contributed by atoms with Crippen LogP contribution in [0.2, 0.25) is 0 Å². The van der Waals surface area contributed by atoms with E-state index in [-0.39, 0.29) is 0 Å². The van der Waals surface area contributed by atoms with Crippen LogP contribution in [0.15, 0.2) is 48.5 Å². The van der Waals surface area contributed by atoms with Gasteiger partial charge in [0.05, 0.1) is 18.2 Å². The lowest BCUT2D eigenvalue weighted by atomic mass is 10.1. The smallest absolute Gasteiger partial charge is 0.120 e. The molecule has 0 unspecified atom stereocenters. The second-order valence-electron chi connectivity index (χ2n) is 4.33. The zero-order chi connectivity index (χ0) is 13.5. The van der Waals surface area contributed by atoms with Crippen LogP contribution in [0.5, 0.6) is 5.75 Å². The van der Waals surface area contributed by atoms with E-state index in [9.17, 15) is 0 Å². The summed E-state index contributed by atoms with van der Waals surface area (Å²) in [7, 11) is 0. The predicted molar refractivity (Wildman–Crippen MR) is 75.8 cm³/mol. The fraction of sp³-hybridized carbons (Fsp3) is 0.188. The van der Waals surface area contributed by atoms with Gasteiger partial charge in [-0.25, -0.2) is 0 Å². The van der Waals surface area contributed by atoms with E-state index < -0.39 is 0 Å². The molecule has 0 aliphatic carbocycles. The van der Waals surface area contributed by atoms with Crippen molar-refractivity contribution in [3.05, 3.63) is 59.7 Å². The van der Waals surface area contributed by atoms with Crippen molar-refractivity contribution in [2.24, 2.45) is 0 Å². The van der Waals surface area contributed by atoms with E-state index in [4.69, 9.17) is 15.7 Å². The molecule has 0 aliphatic heterocycles. The summed E-state index contributed by atoms with van der Waals surface area (Å²) < 4.78 is 5.62. The molecule has 0 saturated heterocycles. The minimum atomic E-state index is 0.621. The molecule has 2 rings (SSSR count). The van der Waals surface area contributed by atoms with Crippen LogP contribution in [0.3, 0.4) is 0 Å². The van der Waals surface area contributed by atoms with Crippen LogP contribution in [0, 0.1) is 11.3 Å². The Bertz CT molecular complexity index is 570. The topological polar surface area (TPSA) is 59.0 Å². The maximum atomic E-state index is 8.79. The summed E-state index contributed by atoms with van der Waals surface area (Å²) in [6.45, 7) is 0.638. The normalized spacial score (nSPS) is 9.84. The van der Waals surface area contributed by atoms with E-state index in [2.05, 4.69) is 6.07 Å². The summed E-state index contributed by atoms with van der Waals surface area (Å²) in [5.74, 6) is 0.747. The largest absolute Gasteiger partial charge is 0.494 e. The van der Waals surface area contributed by atoms with E-state index in [1.54, 1.807) is 12.1 Å². The van der Waals surface area contributed by atoms with Gasteiger partial charge in [-0.05, 0) is 48.7 Å². The lowest BCUT2D eigenvalue weighted by molar-refractivity contribution is 0.311. The Balaban J connectivity index is 1.77. The Morgan fingerprint density at radius 1 is 1.11 bits per heavy atom. The van der Waals surface area contributed by atoms with Gasteiger partial charge in [-0.15, -0.1) is 0 Å². The van der Waals surface area contributed by atoms with Gasteiger partial charge in [0.1, 0.15) is 5.75 Å². The third-order valence-electron chi connectivity index (χ3n) is 2.82. The van der Waals surface area contributed by atoms with E-state index in [0.717, 1.165) is 24.3 Å². The summed E-state index contributed by atoms with van der Waals surface area (Å²) in [6, 6.07) is 17.2. The van der Waals surface area contributed by atoms with E-state index in [0.29, 0.717) is 12.2 Å². The molecular weight excluding hydrogens is 236 g/mol. The Morgan fingerprint density at radius 2 is 1.89 bits per heavy atom. The number of aryl methyl sites for hydroxylation is 1. The number of nitrogen functional groups attached to an aromatic ring is 1. The zero-order valence-corrected chi connectivity index (χ0v) is 10.7. The highest BCUT2D eigenvalue weighted by Gasteiger charge is 1.97. The SMILES string of the molecule is N#Cc1cccc(OCCCc2ccc(N)cc2)c1. The van der Waals surface area contributed by atoms with Gasteiger partial charge < -0.3 is 10.5 Å². The van der Waals surface area contributed by atoms with Gasteiger partial charge in [0.15, 0.2) is 0 Å². The molecular formula is C16H16N2O. The van der Waals surface area contributed by atoms with Gasteiger partial charge >= 0.3 is 0 Å². The monoisotopic (exact) mass is 252 g/mol. The second kappa shape index (κ2) is 6.46. The molecule has 0 heterocycles. The average molecular weight is 252 g/mol. The molecule has 0 fully saturated rings. The van der Waals surface area contributed by atoms with E-state index >= 15 is 0 Å². The zero-order valence-electron chi connectivity index (χ0n) is 10.7. The molecule has 2 N–H and O–H groups in total. The number of benzene rings is 2. The predicted octanol–water partition coefficient (Wildman–Crippen LogP) is 3.15. The quantitative estimate of drug-likeness (QED) is 0.657. The number of nitrogens with two attached hydrogens (primary N) is 1. The average Bonchev–Trinajstić information content (AvgIpc) is 2.46. The van der Waals surface area contributed by atoms with Crippen LogP contribution >= 0.6 is 0 Å². The van der Waals surface area contributed by atoms with Crippen molar-refractivity contribution in [1.29, 1.82) is 5.26 Å². The van der Waals surface area contributed by atoms with Crippen molar-refractivity contribution in [3.63, 3.8) is 0 Å². The highest BCUT2D eigenvalue weighted by Crippen LogP contribution is 2.13. The van der Waals surface area contributed by atoms with Crippen molar-refractivity contribution < 1.29 is 4.74 Å². The molecule has 0 aromatic heterocycles. The Morgan fingerprint density at radius 3 is 2.63 bits per heavy atom. The maximum absolute atomic E-state index is 8.79. The summed E-state index contributed by atoms with van der Waals surface area (Å²) in [5.41, 5.74) is 8.29. The standard InChI is InChI=1S/C16H16N2O/c17-12-14-3-1-5-16(11-14)19-10-2-4-13-6-8-15(18)9-7-13/h1,3,5-9,11H,2,4,10,18H2.